The van der Waals surface area contributed by atoms with Gasteiger partial charge in [-0.2, -0.15) is 0 Å². The summed E-state index contributed by atoms with van der Waals surface area (Å²) in [5.41, 5.74) is 0. The van der Waals surface area contributed by atoms with Crippen molar-refractivity contribution in [2.24, 2.45) is 0 Å². The summed E-state index contributed by atoms with van der Waals surface area (Å²) in [4.78, 5) is 36.8. The van der Waals surface area contributed by atoms with Gasteiger partial charge in [-0.25, -0.2) is 0 Å². The monoisotopic (exact) mass is 256 g/mol. The van der Waals surface area contributed by atoms with E-state index in [0.717, 1.165) is 19.3 Å². The molecule has 1 heterocycles. The molecule has 1 aliphatic rings. The van der Waals surface area contributed by atoms with Crippen molar-refractivity contribution in [1.82, 2.24) is 9.80 Å². The van der Waals surface area contributed by atoms with Gasteiger partial charge >= 0.3 is 5.97 Å². The second kappa shape index (κ2) is 6.37. The van der Waals surface area contributed by atoms with E-state index in [-0.39, 0.29) is 30.8 Å². The van der Waals surface area contributed by atoms with E-state index in [1.807, 2.05) is 0 Å². The molecule has 1 N–H and O–H groups in total. The number of piperidine rings is 1. The van der Waals surface area contributed by atoms with Gasteiger partial charge in [0.05, 0.1) is 13.0 Å². The second-order valence-electron chi connectivity index (χ2n) is 4.71. The number of carboxylic acids is 1. The van der Waals surface area contributed by atoms with E-state index in [4.69, 9.17) is 5.11 Å². The molecule has 6 heteroatoms. The van der Waals surface area contributed by atoms with Crippen LogP contribution < -0.4 is 0 Å². The molecule has 0 aliphatic carbocycles. The number of likely N-dealkylation sites (tertiary alicyclic amines) is 1. The Kier molecular flexibility index (Phi) is 5.12. The topological polar surface area (TPSA) is 77.9 Å². The van der Waals surface area contributed by atoms with Crippen LogP contribution in [0.15, 0.2) is 0 Å². The molecule has 1 unspecified atom stereocenters. The van der Waals surface area contributed by atoms with Gasteiger partial charge in [-0.05, 0) is 19.3 Å². The van der Waals surface area contributed by atoms with Crippen LogP contribution in [0.1, 0.15) is 32.6 Å². The number of hydrogen-bond donors (Lipinski definition) is 1. The minimum absolute atomic E-state index is 0.0183. The SMILES string of the molecule is CC(=O)N(C)CC(=O)N1CCCCC1CC(=O)O. The smallest absolute Gasteiger partial charge is 0.305 e. The molecular weight excluding hydrogens is 236 g/mol. The van der Waals surface area contributed by atoms with Gasteiger partial charge in [-0.1, -0.05) is 0 Å². The van der Waals surface area contributed by atoms with Crippen LogP contribution in [0.4, 0.5) is 0 Å². The van der Waals surface area contributed by atoms with Gasteiger partial charge < -0.3 is 14.9 Å². The van der Waals surface area contributed by atoms with Gasteiger partial charge in [-0.3, -0.25) is 14.4 Å². The number of nitrogens with zero attached hydrogens (tertiary/aromatic N) is 2. The van der Waals surface area contributed by atoms with Gasteiger partial charge in [-0.15, -0.1) is 0 Å². The standard InChI is InChI=1S/C12H20N2O4/c1-9(15)13(2)8-11(16)14-6-4-3-5-10(14)7-12(17)18/h10H,3-8H2,1-2H3,(H,17,18). The summed E-state index contributed by atoms with van der Waals surface area (Å²) >= 11 is 0. The maximum Gasteiger partial charge on any atom is 0.305 e. The van der Waals surface area contributed by atoms with Gasteiger partial charge in [0, 0.05) is 26.6 Å². The molecule has 0 aromatic heterocycles. The lowest BCUT2D eigenvalue weighted by Crippen LogP contribution is -2.48. The molecule has 1 atom stereocenters. The Bertz CT molecular complexity index is 343. The molecule has 0 aromatic rings. The summed E-state index contributed by atoms with van der Waals surface area (Å²) in [5, 5.41) is 8.83. The largest absolute Gasteiger partial charge is 0.481 e. The lowest BCUT2D eigenvalue weighted by molar-refractivity contribution is -0.144. The highest BCUT2D eigenvalue weighted by Gasteiger charge is 2.28. The minimum Gasteiger partial charge on any atom is -0.481 e. The lowest BCUT2D eigenvalue weighted by atomic mass is 9.99. The Morgan fingerprint density at radius 1 is 1.33 bits per heavy atom. The zero-order valence-corrected chi connectivity index (χ0v) is 10.9. The third kappa shape index (κ3) is 4.01. The number of carbonyl (C=O) groups excluding carboxylic acids is 2. The van der Waals surface area contributed by atoms with E-state index >= 15 is 0 Å². The van der Waals surface area contributed by atoms with E-state index < -0.39 is 5.97 Å². The van der Waals surface area contributed by atoms with Crippen LogP contribution in [0.2, 0.25) is 0 Å². The quantitative estimate of drug-likeness (QED) is 0.785. The molecule has 0 saturated carbocycles. The zero-order chi connectivity index (χ0) is 13.7. The molecule has 0 radical (unpaired) electrons. The maximum atomic E-state index is 12.0. The first-order valence-electron chi connectivity index (χ1n) is 6.14. The van der Waals surface area contributed by atoms with Crippen LogP contribution in [0.5, 0.6) is 0 Å². The second-order valence-corrected chi connectivity index (χ2v) is 4.71. The molecular formula is C12H20N2O4. The fourth-order valence-electron chi connectivity index (χ4n) is 2.15. The van der Waals surface area contributed by atoms with Crippen LogP contribution in [-0.2, 0) is 14.4 Å². The number of hydrogen-bond acceptors (Lipinski definition) is 3. The van der Waals surface area contributed by atoms with E-state index in [9.17, 15) is 14.4 Å². The summed E-state index contributed by atoms with van der Waals surface area (Å²) in [6.45, 7) is 2.01. The minimum atomic E-state index is -0.889. The van der Waals surface area contributed by atoms with Gasteiger partial charge in [0.15, 0.2) is 0 Å². The third-order valence-electron chi connectivity index (χ3n) is 3.27. The van der Waals surface area contributed by atoms with Crippen LogP contribution >= 0.6 is 0 Å². The molecule has 1 aliphatic heterocycles. The van der Waals surface area contributed by atoms with Crippen LogP contribution in [-0.4, -0.2) is 58.9 Å². The van der Waals surface area contributed by atoms with Crippen molar-refractivity contribution in [1.29, 1.82) is 0 Å². The maximum absolute atomic E-state index is 12.0. The molecule has 0 bridgehead atoms. The van der Waals surface area contributed by atoms with E-state index in [2.05, 4.69) is 0 Å². The number of rotatable bonds is 4. The highest BCUT2D eigenvalue weighted by Crippen LogP contribution is 2.20. The van der Waals surface area contributed by atoms with E-state index in [0.29, 0.717) is 6.54 Å². The molecule has 1 fully saturated rings. The fraction of sp³-hybridized carbons (Fsp3) is 0.750. The van der Waals surface area contributed by atoms with Crippen molar-refractivity contribution in [2.45, 2.75) is 38.6 Å². The molecule has 1 saturated heterocycles. The van der Waals surface area contributed by atoms with Crippen molar-refractivity contribution < 1.29 is 19.5 Å². The summed E-state index contributed by atoms with van der Waals surface area (Å²) in [7, 11) is 1.57. The Morgan fingerprint density at radius 3 is 2.56 bits per heavy atom. The first-order valence-corrected chi connectivity index (χ1v) is 6.14. The number of amides is 2. The Balaban J connectivity index is 2.62. The Labute approximate surface area is 107 Å². The highest BCUT2D eigenvalue weighted by molar-refractivity contribution is 5.84. The molecule has 0 spiro atoms. The first-order chi connectivity index (χ1) is 8.41. The van der Waals surface area contributed by atoms with Gasteiger partial charge in [0.1, 0.15) is 0 Å². The molecule has 0 aromatic carbocycles. The zero-order valence-electron chi connectivity index (χ0n) is 10.9. The molecule has 18 heavy (non-hydrogen) atoms. The van der Waals surface area contributed by atoms with Crippen molar-refractivity contribution in [2.75, 3.05) is 20.1 Å². The fourth-order valence-corrected chi connectivity index (χ4v) is 2.15. The highest BCUT2D eigenvalue weighted by atomic mass is 16.4. The molecule has 6 nitrogen and oxygen atoms in total. The number of likely N-dealkylation sites (N-methyl/N-ethyl adjacent to an activating group) is 1. The van der Waals surface area contributed by atoms with Crippen LogP contribution in [0.25, 0.3) is 0 Å². The van der Waals surface area contributed by atoms with Crippen molar-refractivity contribution in [3.05, 3.63) is 0 Å². The first kappa shape index (κ1) is 14.5. The normalized spacial score (nSPS) is 19.4. The van der Waals surface area contributed by atoms with Crippen molar-refractivity contribution in [3.63, 3.8) is 0 Å². The average molecular weight is 256 g/mol. The molecule has 2 amide bonds. The molecule has 1 rings (SSSR count). The summed E-state index contributed by atoms with van der Waals surface area (Å²) in [6, 6.07) is -0.232. The van der Waals surface area contributed by atoms with Crippen LogP contribution in [0, 0.1) is 0 Å². The predicted molar refractivity (Wildman–Crippen MR) is 64.9 cm³/mol. The Hall–Kier alpha value is -1.59. The van der Waals surface area contributed by atoms with Crippen molar-refractivity contribution in [3.8, 4) is 0 Å². The van der Waals surface area contributed by atoms with Gasteiger partial charge in [0.25, 0.3) is 0 Å². The van der Waals surface area contributed by atoms with Crippen LogP contribution in [0.3, 0.4) is 0 Å². The number of carbonyl (C=O) groups is 3. The van der Waals surface area contributed by atoms with E-state index in [1.165, 1.54) is 11.8 Å². The summed E-state index contributed by atoms with van der Waals surface area (Å²) in [6.07, 6.45) is 2.55. The number of carboxylic acid groups (broad SMARTS) is 1. The average Bonchev–Trinajstić information content (AvgIpc) is 2.28. The summed E-state index contributed by atoms with van der Waals surface area (Å²) in [5.74, 6) is -1.23. The Morgan fingerprint density at radius 2 is 2.00 bits per heavy atom. The van der Waals surface area contributed by atoms with Gasteiger partial charge in [0.2, 0.25) is 11.8 Å². The third-order valence-corrected chi connectivity index (χ3v) is 3.27. The van der Waals surface area contributed by atoms with E-state index in [1.54, 1.807) is 11.9 Å². The number of aliphatic carboxylic acids is 1. The summed E-state index contributed by atoms with van der Waals surface area (Å²) < 4.78 is 0. The molecule has 102 valence electrons. The van der Waals surface area contributed by atoms with Crippen molar-refractivity contribution >= 4 is 17.8 Å². The predicted octanol–water partition coefficient (Wildman–Crippen LogP) is 0.321. The lowest BCUT2D eigenvalue weighted by Gasteiger charge is -2.35.